The molecule has 1 amide bonds. The summed E-state index contributed by atoms with van der Waals surface area (Å²) in [5, 5.41) is 20.3. The lowest BCUT2D eigenvalue weighted by molar-refractivity contribution is -0.385. The van der Waals surface area contributed by atoms with Crippen molar-refractivity contribution in [1.82, 2.24) is 4.90 Å². The molecule has 1 aromatic carbocycles. The van der Waals surface area contributed by atoms with Gasteiger partial charge in [-0.25, -0.2) is 0 Å². The van der Waals surface area contributed by atoms with Crippen LogP contribution in [0, 0.1) is 10.1 Å². The van der Waals surface area contributed by atoms with Crippen LogP contribution in [0.2, 0.25) is 0 Å². The van der Waals surface area contributed by atoms with Crippen molar-refractivity contribution in [3.05, 3.63) is 33.9 Å². The molecule has 114 valence electrons. The van der Waals surface area contributed by atoms with Crippen molar-refractivity contribution in [3.8, 4) is 5.75 Å². The van der Waals surface area contributed by atoms with Crippen LogP contribution in [-0.2, 0) is 9.53 Å². The highest BCUT2D eigenvalue weighted by Crippen LogP contribution is 2.24. The molecule has 0 heterocycles. The molecular weight excluding hydrogens is 280 g/mol. The number of esters is 1. The Kier molecular flexibility index (Phi) is 5.65. The van der Waals surface area contributed by atoms with Gasteiger partial charge >= 0.3 is 5.97 Å². The Hall–Kier alpha value is -2.64. The van der Waals surface area contributed by atoms with Gasteiger partial charge in [-0.3, -0.25) is 19.7 Å². The van der Waals surface area contributed by atoms with E-state index in [-0.39, 0.29) is 30.9 Å². The number of rotatable bonds is 6. The molecule has 0 unspecified atom stereocenters. The SMILES string of the molecule is CCOC(=O)CCN(C)C(=O)c1cc(O)ccc1[N+](=O)[O-]. The maximum Gasteiger partial charge on any atom is 0.307 e. The maximum atomic E-state index is 12.2. The molecule has 1 rings (SSSR count). The number of carbonyl (C=O) groups excluding carboxylic acids is 2. The van der Waals surface area contributed by atoms with E-state index in [1.807, 2.05) is 0 Å². The molecule has 0 saturated heterocycles. The fraction of sp³-hybridized carbons (Fsp3) is 0.385. The standard InChI is InChI=1S/C13H16N2O6/c1-3-21-12(17)6-7-14(2)13(18)10-8-9(16)4-5-11(10)15(19)20/h4-5,8,16H,3,6-7H2,1-2H3. The van der Waals surface area contributed by atoms with Crippen molar-refractivity contribution in [2.75, 3.05) is 20.2 Å². The minimum Gasteiger partial charge on any atom is -0.508 e. The lowest BCUT2D eigenvalue weighted by Crippen LogP contribution is -2.30. The third kappa shape index (κ3) is 4.44. The van der Waals surface area contributed by atoms with Crippen molar-refractivity contribution in [3.63, 3.8) is 0 Å². The minimum absolute atomic E-state index is 0.0112. The summed E-state index contributed by atoms with van der Waals surface area (Å²) >= 11 is 0. The number of ether oxygens (including phenoxy) is 1. The molecule has 0 saturated carbocycles. The van der Waals surface area contributed by atoms with Gasteiger partial charge in [0, 0.05) is 19.7 Å². The molecule has 0 aliphatic heterocycles. The van der Waals surface area contributed by atoms with Crippen LogP contribution in [0.25, 0.3) is 0 Å². The zero-order valence-corrected chi connectivity index (χ0v) is 11.7. The average molecular weight is 296 g/mol. The second kappa shape index (κ2) is 7.22. The summed E-state index contributed by atoms with van der Waals surface area (Å²) in [7, 11) is 1.41. The van der Waals surface area contributed by atoms with Crippen molar-refractivity contribution < 1.29 is 24.4 Å². The topological polar surface area (TPSA) is 110 Å². The number of phenolic OH excluding ortho intramolecular Hbond substituents is 1. The number of nitro groups is 1. The molecule has 0 aliphatic rings. The van der Waals surface area contributed by atoms with E-state index in [2.05, 4.69) is 0 Å². The normalized spacial score (nSPS) is 10.0. The van der Waals surface area contributed by atoms with E-state index in [0.717, 1.165) is 18.2 Å². The number of benzene rings is 1. The quantitative estimate of drug-likeness (QED) is 0.481. The Bertz CT molecular complexity index is 558. The lowest BCUT2D eigenvalue weighted by Gasteiger charge is -2.16. The fourth-order valence-electron chi connectivity index (χ4n) is 1.65. The van der Waals surface area contributed by atoms with Crippen molar-refractivity contribution >= 4 is 17.6 Å². The Morgan fingerprint density at radius 3 is 2.67 bits per heavy atom. The van der Waals surface area contributed by atoms with E-state index < -0.39 is 22.5 Å². The molecule has 8 heteroatoms. The number of nitro benzene ring substituents is 1. The van der Waals surface area contributed by atoms with Gasteiger partial charge in [-0.05, 0) is 19.1 Å². The number of amides is 1. The minimum atomic E-state index is -0.703. The Morgan fingerprint density at radius 2 is 2.10 bits per heavy atom. The number of hydrogen-bond acceptors (Lipinski definition) is 6. The van der Waals surface area contributed by atoms with Gasteiger partial charge in [-0.15, -0.1) is 0 Å². The largest absolute Gasteiger partial charge is 0.508 e. The van der Waals surface area contributed by atoms with Crippen LogP contribution in [0.1, 0.15) is 23.7 Å². The van der Waals surface area contributed by atoms with Crippen molar-refractivity contribution in [2.24, 2.45) is 0 Å². The first-order valence-corrected chi connectivity index (χ1v) is 6.25. The molecule has 0 radical (unpaired) electrons. The van der Waals surface area contributed by atoms with Gasteiger partial charge in [-0.1, -0.05) is 0 Å². The number of aromatic hydroxyl groups is 1. The summed E-state index contributed by atoms with van der Waals surface area (Å²) in [6, 6.07) is 3.22. The summed E-state index contributed by atoms with van der Waals surface area (Å²) in [5.41, 5.74) is -0.632. The Balaban J connectivity index is 2.85. The van der Waals surface area contributed by atoms with E-state index in [4.69, 9.17) is 4.74 Å². The molecule has 0 aliphatic carbocycles. The van der Waals surface area contributed by atoms with Crippen molar-refractivity contribution in [2.45, 2.75) is 13.3 Å². The van der Waals surface area contributed by atoms with Crippen LogP contribution in [0.4, 0.5) is 5.69 Å². The molecule has 1 N–H and O–H groups in total. The lowest BCUT2D eigenvalue weighted by atomic mass is 10.1. The third-order valence-electron chi connectivity index (χ3n) is 2.71. The van der Waals surface area contributed by atoms with E-state index in [1.165, 1.54) is 11.9 Å². The average Bonchev–Trinajstić information content (AvgIpc) is 2.43. The highest BCUT2D eigenvalue weighted by Gasteiger charge is 2.23. The Morgan fingerprint density at radius 1 is 1.43 bits per heavy atom. The van der Waals surface area contributed by atoms with Crippen LogP contribution < -0.4 is 0 Å². The molecule has 0 bridgehead atoms. The van der Waals surface area contributed by atoms with Gasteiger partial charge in [0.2, 0.25) is 0 Å². The first-order chi connectivity index (χ1) is 9.86. The summed E-state index contributed by atoms with van der Waals surface area (Å²) in [6.45, 7) is 1.97. The molecule has 8 nitrogen and oxygen atoms in total. The van der Waals surface area contributed by atoms with E-state index in [1.54, 1.807) is 6.92 Å². The first-order valence-electron chi connectivity index (χ1n) is 6.25. The van der Waals surface area contributed by atoms with Gasteiger partial charge in [-0.2, -0.15) is 0 Å². The van der Waals surface area contributed by atoms with Gasteiger partial charge in [0.25, 0.3) is 11.6 Å². The van der Waals surface area contributed by atoms with Crippen LogP contribution >= 0.6 is 0 Å². The predicted molar refractivity (Wildman–Crippen MR) is 73.0 cm³/mol. The second-order valence-electron chi connectivity index (χ2n) is 4.24. The van der Waals surface area contributed by atoms with Crippen LogP contribution in [-0.4, -0.2) is 47.0 Å². The number of hydrogen-bond donors (Lipinski definition) is 1. The van der Waals surface area contributed by atoms with Gasteiger partial charge in [0.05, 0.1) is 18.0 Å². The van der Waals surface area contributed by atoms with E-state index >= 15 is 0 Å². The second-order valence-corrected chi connectivity index (χ2v) is 4.24. The Labute approximate surface area is 121 Å². The van der Waals surface area contributed by atoms with Gasteiger partial charge in [0.1, 0.15) is 11.3 Å². The number of phenols is 1. The van der Waals surface area contributed by atoms with E-state index in [0.29, 0.717) is 0 Å². The maximum absolute atomic E-state index is 12.2. The molecule has 0 spiro atoms. The molecule has 0 aromatic heterocycles. The summed E-state index contributed by atoms with van der Waals surface area (Å²) in [5.74, 6) is -1.35. The zero-order valence-electron chi connectivity index (χ0n) is 11.7. The van der Waals surface area contributed by atoms with Crippen LogP contribution in [0.5, 0.6) is 5.75 Å². The fourth-order valence-corrected chi connectivity index (χ4v) is 1.65. The smallest absolute Gasteiger partial charge is 0.307 e. The molecule has 1 aromatic rings. The van der Waals surface area contributed by atoms with Crippen LogP contribution in [0.15, 0.2) is 18.2 Å². The monoisotopic (exact) mass is 296 g/mol. The van der Waals surface area contributed by atoms with Crippen molar-refractivity contribution in [1.29, 1.82) is 0 Å². The molecule has 0 atom stereocenters. The first kappa shape index (κ1) is 16.4. The van der Waals surface area contributed by atoms with Crippen LogP contribution in [0.3, 0.4) is 0 Å². The highest BCUT2D eigenvalue weighted by atomic mass is 16.6. The molecular formula is C13H16N2O6. The molecule has 0 fully saturated rings. The number of carbonyl (C=O) groups is 2. The van der Waals surface area contributed by atoms with Gasteiger partial charge < -0.3 is 14.7 Å². The summed E-state index contributed by atoms with van der Waals surface area (Å²) in [6.07, 6.45) is -0.0112. The highest BCUT2D eigenvalue weighted by molar-refractivity contribution is 5.98. The third-order valence-corrected chi connectivity index (χ3v) is 2.71. The summed E-state index contributed by atoms with van der Waals surface area (Å²) < 4.78 is 4.73. The van der Waals surface area contributed by atoms with E-state index in [9.17, 15) is 24.8 Å². The zero-order chi connectivity index (χ0) is 16.0. The molecule has 21 heavy (non-hydrogen) atoms. The number of nitrogens with zero attached hydrogens (tertiary/aromatic N) is 2. The predicted octanol–water partition coefficient (Wildman–Crippen LogP) is 1.33. The van der Waals surface area contributed by atoms with Gasteiger partial charge in [0.15, 0.2) is 0 Å². The summed E-state index contributed by atoms with van der Waals surface area (Å²) in [4.78, 5) is 34.7.